The second-order valence-corrected chi connectivity index (χ2v) is 9.18. The number of ketones is 1. The molecule has 0 aromatic heterocycles. The fourth-order valence-corrected chi connectivity index (χ4v) is 5.06. The standard InChI is InChI=1S/C29H32FNO5/c1-5-6-12-36-29(33)26-17(2)31-22-14-20(18-10-11-24(34-3)25(16-18)35-4)15-23(32)28(22)27(26)19-8-7-9-21(30)13-19/h7-11,13,16,20,27,31H,5-6,12,14-15H2,1-4H3/t20-,27-/m1/s1. The van der Waals surface area contributed by atoms with E-state index < -0.39 is 17.7 Å². The summed E-state index contributed by atoms with van der Waals surface area (Å²) in [5.74, 6) is -0.531. The van der Waals surface area contributed by atoms with Crippen molar-refractivity contribution in [3.8, 4) is 11.5 Å². The van der Waals surface area contributed by atoms with E-state index in [2.05, 4.69) is 5.32 Å². The maximum atomic E-state index is 14.3. The van der Waals surface area contributed by atoms with Crippen LogP contribution in [0.15, 0.2) is 65.0 Å². The van der Waals surface area contributed by atoms with Gasteiger partial charge in [0.2, 0.25) is 0 Å². The monoisotopic (exact) mass is 493 g/mol. The predicted molar refractivity (Wildman–Crippen MR) is 134 cm³/mol. The Kier molecular flexibility index (Phi) is 7.77. The Bertz CT molecular complexity index is 1230. The smallest absolute Gasteiger partial charge is 0.336 e. The quantitative estimate of drug-likeness (QED) is 0.384. The molecule has 2 aliphatic rings. The van der Waals surface area contributed by atoms with Crippen molar-refractivity contribution in [2.45, 2.75) is 51.4 Å². The zero-order valence-corrected chi connectivity index (χ0v) is 21.2. The van der Waals surface area contributed by atoms with Gasteiger partial charge < -0.3 is 19.5 Å². The number of allylic oxidation sites excluding steroid dienone is 3. The van der Waals surface area contributed by atoms with Crippen molar-refractivity contribution < 1.29 is 28.2 Å². The molecule has 4 rings (SSSR count). The molecule has 0 spiro atoms. The number of methoxy groups -OCH3 is 2. The van der Waals surface area contributed by atoms with Gasteiger partial charge in [0, 0.05) is 29.3 Å². The highest BCUT2D eigenvalue weighted by molar-refractivity contribution is 6.04. The van der Waals surface area contributed by atoms with E-state index in [1.54, 1.807) is 33.3 Å². The molecule has 1 aliphatic heterocycles. The van der Waals surface area contributed by atoms with Crippen LogP contribution >= 0.6 is 0 Å². The molecule has 190 valence electrons. The Hall–Kier alpha value is -3.61. The van der Waals surface area contributed by atoms with Gasteiger partial charge >= 0.3 is 5.97 Å². The van der Waals surface area contributed by atoms with Gasteiger partial charge in [-0.3, -0.25) is 4.79 Å². The number of nitrogens with one attached hydrogen (secondary N) is 1. The zero-order chi connectivity index (χ0) is 25.8. The number of unbranched alkanes of at least 4 members (excludes halogenated alkanes) is 1. The summed E-state index contributed by atoms with van der Waals surface area (Å²) >= 11 is 0. The van der Waals surface area contributed by atoms with E-state index in [4.69, 9.17) is 14.2 Å². The van der Waals surface area contributed by atoms with Gasteiger partial charge in [-0.25, -0.2) is 9.18 Å². The van der Waals surface area contributed by atoms with Crippen molar-refractivity contribution in [3.63, 3.8) is 0 Å². The molecule has 1 heterocycles. The Morgan fingerprint density at radius 1 is 1.06 bits per heavy atom. The fraction of sp³-hybridized carbons (Fsp3) is 0.379. The summed E-state index contributed by atoms with van der Waals surface area (Å²) in [7, 11) is 3.16. The van der Waals surface area contributed by atoms with E-state index in [-0.39, 0.29) is 18.1 Å². The Morgan fingerprint density at radius 3 is 2.53 bits per heavy atom. The number of hydrogen-bond donors (Lipinski definition) is 1. The molecule has 36 heavy (non-hydrogen) atoms. The number of esters is 1. The Labute approximate surface area is 211 Å². The van der Waals surface area contributed by atoms with E-state index in [1.165, 1.54) is 12.1 Å². The summed E-state index contributed by atoms with van der Waals surface area (Å²) < 4.78 is 30.6. The molecule has 0 radical (unpaired) electrons. The summed E-state index contributed by atoms with van der Waals surface area (Å²) in [4.78, 5) is 26.8. The van der Waals surface area contributed by atoms with Crippen LogP contribution in [-0.4, -0.2) is 32.6 Å². The summed E-state index contributed by atoms with van der Waals surface area (Å²) in [5, 5.41) is 3.32. The maximum absolute atomic E-state index is 14.3. The molecule has 6 nitrogen and oxygen atoms in total. The van der Waals surface area contributed by atoms with E-state index in [0.29, 0.717) is 46.9 Å². The van der Waals surface area contributed by atoms with Crippen molar-refractivity contribution in [1.82, 2.24) is 5.32 Å². The molecular weight excluding hydrogens is 461 g/mol. The average Bonchev–Trinajstić information content (AvgIpc) is 2.87. The van der Waals surface area contributed by atoms with Crippen molar-refractivity contribution in [3.05, 3.63) is 81.9 Å². The highest BCUT2D eigenvalue weighted by Crippen LogP contribution is 2.46. The van der Waals surface area contributed by atoms with Gasteiger partial charge in [0.25, 0.3) is 0 Å². The molecule has 7 heteroatoms. The first-order chi connectivity index (χ1) is 17.4. The molecule has 0 amide bonds. The van der Waals surface area contributed by atoms with Crippen molar-refractivity contribution in [1.29, 1.82) is 0 Å². The second-order valence-electron chi connectivity index (χ2n) is 9.18. The second kappa shape index (κ2) is 11.0. The van der Waals surface area contributed by atoms with E-state index in [1.807, 2.05) is 25.1 Å². The molecule has 0 saturated heterocycles. The third-order valence-corrected chi connectivity index (χ3v) is 6.84. The number of rotatable bonds is 8. The van der Waals surface area contributed by atoms with Crippen LogP contribution in [0.1, 0.15) is 62.5 Å². The lowest BCUT2D eigenvalue weighted by atomic mass is 9.71. The van der Waals surface area contributed by atoms with Crippen molar-refractivity contribution in [2.75, 3.05) is 20.8 Å². The lowest BCUT2D eigenvalue weighted by molar-refractivity contribution is -0.139. The molecule has 0 bridgehead atoms. The molecule has 2 atom stereocenters. The normalized spacial score (nSPS) is 19.5. The number of hydrogen-bond acceptors (Lipinski definition) is 6. The van der Waals surface area contributed by atoms with Crippen LogP contribution in [0.2, 0.25) is 0 Å². The number of benzene rings is 2. The first-order valence-corrected chi connectivity index (χ1v) is 12.3. The summed E-state index contributed by atoms with van der Waals surface area (Å²) in [6.07, 6.45) is 2.47. The number of ether oxygens (including phenoxy) is 3. The predicted octanol–water partition coefficient (Wildman–Crippen LogP) is 5.55. The van der Waals surface area contributed by atoms with Gasteiger partial charge in [-0.2, -0.15) is 0 Å². The van der Waals surface area contributed by atoms with Crippen molar-refractivity contribution in [2.24, 2.45) is 0 Å². The molecule has 0 unspecified atom stereocenters. The van der Waals surface area contributed by atoms with Gasteiger partial charge in [-0.05, 0) is 61.1 Å². The van der Waals surface area contributed by atoms with Gasteiger partial charge in [-0.1, -0.05) is 31.5 Å². The summed E-state index contributed by atoms with van der Waals surface area (Å²) in [6, 6.07) is 11.8. The molecule has 2 aromatic carbocycles. The largest absolute Gasteiger partial charge is 0.493 e. The maximum Gasteiger partial charge on any atom is 0.336 e. The van der Waals surface area contributed by atoms with Crippen LogP contribution in [0.25, 0.3) is 0 Å². The van der Waals surface area contributed by atoms with Crippen LogP contribution in [0.5, 0.6) is 11.5 Å². The topological polar surface area (TPSA) is 73.9 Å². The zero-order valence-electron chi connectivity index (χ0n) is 21.2. The van der Waals surface area contributed by atoms with Crippen LogP contribution < -0.4 is 14.8 Å². The van der Waals surface area contributed by atoms with Gasteiger partial charge in [0.05, 0.1) is 26.4 Å². The SMILES string of the molecule is CCCCOC(=O)C1=C(C)NC2=C(C(=O)C[C@H](c3ccc(OC)c(OC)c3)C2)[C@@H]1c1cccc(F)c1. The number of carbonyl (C=O) groups excluding carboxylic acids is 2. The number of halogens is 1. The Balaban J connectivity index is 1.74. The first kappa shape index (κ1) is 25.5. The molecule has 1 aliphatic carbocycles. The third kappa shape index (κ3) is 5.01. The van der Waals surface area contributed by atoms with E-state index in [9.17, 15) is 14.0 Å². The van der Waals surface area contributed by atoms with Crippen LogP contribution in [0.3, 0.4) is 0 Å². The molecule has 2 aromatic rings. The minimum atomic E-state index is -0.690. The number of Topliss-reactive ketones (excluding diaryl/α,β-unsaturated/α-hetero) is 1. The van der Waals surface area contributed by atoms with Crippen molar-refractivity contribution >= 4 is 11.8 Å². The van der Waals surface area contributed by atoms with Gasteiger partial charge in [0.15, 0.2) is 17.3 Å². The van der Waals surface area contributed by atoms with E-state index >= 15 is 0 Å². The van der Waals surface area contributed by atoms with E-state index in [0.717, 1.165) is 24.1 Å². The first-order valence-electron chi connectivity index (χ1n) is 12.3. The van der Waals surface area contributed by atoms with Crippen LogP contribution in [0.4, 0.5) is 4.39 Å². The highest BCUT2D eigenvalue weighted by atomic mass is 19.1. The highest BCUT2D eigenvalue weighted by Gasteiger charge is 2.41. The van der Waals surface area contributed by atoms with Gasteiger partial charge in [-0.15, -0.1) is 0 Å². The fourth-order valence-electron chi connectivity index (χ4n) is 5.06. The molecular formula is C29H32FNO5. The lowest BCUT2D eigenvalue weighted by Crippen LogP contribution is -2.36. The lowest BCUT2D eigenvalue weighted by Gasteiger charge is -2.36. The number of dihydropyridines is 1. The van der Waals surface area contributed by atoms with Crippen LogP contribution in [0, 0.1) is 5.82 Å². The van der Waals surface area contributed by atoms with Gasteiger partial charge in [0.1, 0.15) is 5.82 Å². The molecule has 0 fully saturated rings. The minimum Gasteiger partial charge on any atom is -0.493 e. The molecule has 0 saturated carbocycles. The number of carbonyl (C=O) groups is 2. The molecule has 1 N–H and O–H groups in total. The third-order valence-electron chi connectivity index (χ3n) is 6.84. The van der Waals surface area contributed by atoms with Crippen LogP contribution in [-0.2, 0) is 14.3 Å². The summed E-state index contributed by atoms with van der Waals surface area (Å²) in [6.45, 7) is 4.11. The Morgan fingerprint density at radius 2 is 1.83 bits per heavy atom. The minimum absolute atomic E-state index is 0.0795. The summed E-state index contributed by atoms with van der Waals surface area (Å²) in [5.41, 5.74) is 3.75. The average molecular weight is 494 g/mol.